The molecule has 4 aromatic rings. The molecular weight excluding hydrogens is 370 g/mol. The SMILES string of the molecule is COc1c(-c2ccccc2)cc(C(C)(C)C)cc1-n1nc2ccc(Cl)cc2n1. The molecule has 3 aromatic carbocycles. The highest BCUT2D eigenvalue weighted by Crippen LogP contribution is 2.39. The topological polar surface area (TPSA) is 39.9 Å². The summed E-state index contributed by atoms with van der Waals surface area (Å²) in [6.07, 6.45) is 0. The molecule has 0 radical (unpaired) electrons. The summed E-state index contributed by atoms with van der Waals surface area (Å²) in [6.45, 7) is 6.58. The van der Waals surface area contributed by atoms with Crippen molar-refractivity contribution in [3.63, 3.8) is 0 Å². The number of ether oxygens (including phenoxy) is 1. The fourth-order valence-electron chi connectivity index (χ4n) is 3.24. The first-order chi connectivity index (χ1) is 13.4. The van der Waals surface area contributed by atoms with Crippen molar-refractivity contribution in [1.82, 2.24) is 15.0 Å². The molecule has 0 fully saturated rings. The standard InChI is InChI=1S/C23H22ClN3O/c1-23(2,3)16-12-18(15-8-6-5-7-9-15)22(28-4)21(13-16)27-25-19-11-10-17(24)14-20(19)26-27/h5-14H,1-4H3. The van der Waals surface area contributed by atoms with E-state index in [1.54, 1.807) is 11.9 Å². The minimum atomic E-state index is -0.0412. The minimum absolute atomic E-state index is 0.0412. The second-order valence-corrected chi connectivity index (χ2v) is 8.25. The van der Waals surface area contributed by atoms with Gasteiger partial charge in [-0.05, 0) is 46.9 Å². The number of halogens is 1. The Kier molecular flexibility index (Phi) is 4.60. The quantitative estimate of drug-likeness (QED) is 0.427. The summed E-state index contributed by atoms with van der Waals surface area (Å²) in [7, 11) is 1.68. The van der Waals surface area contributed by atoms with Crippen molar-refractivity contribution in [1.29, 1.82) is 0 Å². The van der Waals surface area contributed by atoms with Gasteiger partial charge in [-0.15, -0.1) is 15.0 Å². The zero-order chi connectivity index (χ0) is 19.9. The van der Waals surface area contributed by atoms with Gasteiger partial charge in [-0.3, -0.25) is 0 Å². The molecular formula is C23H22ClN3O. The van der Waals surface area contributed by atoms with Gasteiger partial charge in [0, 0.05) is 10.6 Å². The largest absolute Gasteiger partial charge is 0.494 e. The van der Waals surface area contributed by atoms with E-state index in [0.29, 0.717) is 5.02 Å². The molecule has 28 heavy (non-hydrogen) atoms. The second kappa shape index (κ2) is 6.95. The summed E-state index contributed by atoms with van der Waals surface area (Å²) in [4.78, 5) is 1.64. The average Bonchev–Trinajstić information content (AvgIpc) is 3.09. The van der Waals surface area contributed by atoms with Crippen LogP contribution >= 0.6 is 11.6 Å². The van der Waals surface area contributed by atoms with Crippen molar-refractivity contribution >= 4 is 22.6 Å². The monoisotopic (exact) mass is 391 g/mol. The third kappa shape index (κ3) is 3.36. The molecule has 0 atom stereocenters. The molecule has 0 amide bonds. The molecule has 1 heterocycles. The number of hydrogen-bond donors (Lipinski definition) is 0. The summed E-state index contributed by atoms with van der Waals surface area (Å²) in [5, 5.41) is 9.95. The lowest BCUT2D eigenvalue weighted by Crippen LogP contribution is -2.13. The maximum Gasteiger partial charge on any atom is 0.154 e. The zero-order valence-electron chi connectivity index (χ0n) is 16.4. The summed E-state index contributed by atoms with van der Waals surface area (Å²) in [5.74, 6) is 0.741. The maximum atomic E-state index is 6.12. The number of methoxy groups -OCH3 is 1. The van der Waals surface area contributed by atoms with Gasteiger partial charge < -0.3 is 4.74 Å². The number of aromatic nitrogens is 3. The number of fused-ring (bicyclic) bond motifs is 1. The first-order valence-corrected chi connectivity index (χ1v) is 9.55. The maximum absolute atomic E-state index is 6.12. The molecule has 0 unspecified atom stereocenters. The number of hydrogen-bond acceptors (Lipinski definition) is 3. The third-order valence-electron chi connectivity index (χ3n) is 4.78. The molecule has 4 rings (SSSR count). The fourth-order valence-corrected chi connectivity index (χ4v) is 3.40. The Hall–Kier alpha value is -2.85. The van der Waals surface area contributed by atoms with E-state index in [1.807, 2.05) is 36.4 Å². The van der Waals surface area contributed by atoms with Gasteiger partial charge in [-0.25, -0.2) is 0 Å². The molecule has 0 aliphatic heterocycles. The molecule has 0 saturated heterocycles. The van der Waals surface area contributed by atoms with Crippen LogP contribution in [0.5, 0.6) is 5.75 Å². The molecule has 4 nitrogen and oxygen atoms in total. The van der Waals surface area contributed by atoms with Crippen LogP contribution in [0.1, 0.15) is 26.3 Å². The second-order valence-electron chi connectivity index (χ2n) is 7.81. The predicted octanol–water partition coefficient (Wildman–Crippen LogP) is 6.05. The van der Waals surface area contributed by atoms with Crippen LogP contribution in [0, 0.1) is 0 Å². The van der Waals surface area contributed by atoms with Crippen LogP contribution in [0.2, 0.25) is 5.02 Å². The Bertz CT molecular complexity index is 1140. The lowest BCUT2D eigenvalue weighted by molar-refractivity contribution is 0.411. The molecule has 0 saturated carbocycles. The van der Waals surface area contributed by atoms with Crippen LogP contribution in [0.15, 0.2) is 60.7 Å². The van der Waals surface area contributed by atoms with Gasteiger partial charge in [0.05, 0.1) is 7.11 Å². The fraction of sp³-hybridized carbons (Fsp3) is 0.217. The zero-order valence-corrected chi connectivity index (χ0v) is 17.2. The van der Waals surface area contributed by atoms with Crippen molar-refractivity contribution in [2.24, 2.45) is 0 Å². The Morgan fingerprint density at radius 2 is 1.61 bits per heavy atom. The van der Waals surface area contributed by atoms with Crippen molar-refractivity contribution < 1.29 is 4.74 Å². The summed E-state index contributed by atoms with van der Waals surface area (Å²) >= 11 is 6.12. The highest BCUT2D eigenvalue weighted by Gasteiger charge is 2.22. The van der Waals surface area contributed by atoms with Crippen LogP contribution in [0.25, 0.3) is 27.8 Å². The van der Waals surface area contributed by atoms with Crippen LogP contribution in [-0.2, 0) is 5.41 Å². The van der Waals surface area contributed by atoms with Crippen molar-refractivity contribution in [3.05, 3.63) is 71.2 Å². The highest BCUT2D eigenvalue weighted by atomic mass is 35.5. The van der Waals surface area contributed by atoms with E-state index in [2.05, 4.69) is 55.2 Å². The van der Waals surface area contributed by atoms with Gasteiger partial charge >= 0.3 is 0 Å². The molecule has 0 spiro atoms. The normalized spacial score (nSPS) is 11.8. The van der Waals surface area contributed by atoms with Gasteiger partial charge in [0.15, 0.2) is 5.75 Å². The first-order valence-electron chi connectivity index (χ1n) is 9.18. The van der Waals surface area contributed by atoms with E-state index >= 15 is 0 Å². The van der Waals surface area contributed by atoms with Gasteiger partial charge in [0.25, 0.3) is 0 Å². The third-order valence-corrected chi connectivity index (χ3v) is 5.02. The Balaban J connectivity index is 2.01. The van der Waals surface area contributed by atoms with E-state index in [4.69, 9.17) is 16.3 Å². The molecule has 0 aliphatic rings. The van der Waals surface area contributed by atoms with Crippen LogP contribution in [0.3, 0.4) is 0 Å². The molecule has 0 N–H and O–H groups in total. The van der Waals surface area contributed by atoms with Crippen molar-refractivity contribution in [2.75, 3.05) is 7.11 Å². The van der Waals surface area contributed by atoms with Crippen LogP contribution in [-0.4, -0.2) is 22.1 Å². The number of nitrogens with zero attached hydrogens (tertiary/aromatic N) is 3. The molecule has 0 aliphatic carbocycles. The van der Waals surface area contributed by atoms with Crippen molar-refractivity contribution in [3.8, 4) is 22.6 Å². The van der Waals surface area contributed by atoms with Crippen molar-refractivity contribution in [2.45, 2.75) is 26.2 Å². The average molecular weight is 392 g/mol. The van der Waals surface area contributed by atoms with Crippen LogP contribution in [0.4, 0.5) is 0 Å². The van der Waals surface area contributed by atoms with Gasteiger partial charge in [0.1, 0.15) is 16.7 Å². The van der Waals surface area contributed by atoms with E-state index in [0.717, 1.165) is 33.6 Å². The smallest absolute Gasteiger partial charge is 0.154 e. The summed E-state index contributed by atoms with van der Waals surface area (Å²) < 4.78 is 5.85. The Labute approximate surface area is 169 Å². The molecule has 1 aromatic heterocycles. The molecule has 142 valence electrons. The summed E-state index contributed by atoms with van der Waals surface area (Å²) in [6, 6.07) is 20.0. The minimum Gasteiger partial charge on any atom is -0.494 e. The Morgan fingerprint density at radius 1 is 0.893 bits per heavy atom. The van der Waals surface area contributed by atoms with E-state index in [9.17, 15) is 0 Å². The van der Waals surface area contributed by atoms with E-state index < -0.39 is 0 Å². The number of rotatable bonds is 3. The van der Waals surface area contributed by atoms with Crippen LogP contribution < -0.4 is 4.74 Å². The predicted molar refractivity (Wildman–Crippen MR) is 115 cm³/mol. The molecule has 0 bridgehead atoms. The van der Waals surface area contributed by atoms with Gasteiger partial charge in [-0.1, -0.05) is 62.7 Å². The Morgan fingerprint density at radius 3 is 2.29 bits per heavy atom. The number of benzene rings is 3. The summed E-state index contributed by atoms with van der Waals surface area (Å²) in [5.41, 5.74) is 5.59. The molecule has 5 heteroatoms. The van der Waals surface area contributed by atoms with E-state index in [-0.39, 0.29) is 5.41 Å². The van der Waals surface area contributed by atoms with Gasteiger partial charge in [0.2, 0.25) is 0 Å². The first kappa shape index (κ1) is 18.5. The van der Waals surface area contributed by atoms with E-state index in [1.165, 1.54) is 5.56 Å². The lowest BCUT2D eigenvalue weighted by Gasteiger charge is -2.23. The van der Waals surface area contributed by atoms with Gasteiger partial charge in [-0.2, -0.15) is 0 Å². The lowest BCUT2D eigenvalue weighted by atomic mass is 9.84. The highest BCUT2D eigenvalue weighted by molar-refractivity contribution is 6.31.